The molecule has 0 aromatic heterocycles. The van der Waals surface area contributed by atoms with Crippen molar-refractivity contribution in [2.45, 2.75) is 20.5 Å². The van der Waals surface area contributed by atoms with Crippen molar-refractivity contribution in [1.29, 1.82) is 0 Å². The Kier molecular flexibility index (Phi) is 5.28. The molecule has 0 atom stereocenters. The summed E-state index contributed by atoms with van der Waals surface area (Å²) in [5.41, 5.74) is 1.81. The first-order chi connectivity index (χ1) is 10.5. The van der Waals surface area contributed by atoms with Crippen LogP contribution in [0.15, 0.2) is 36.4 Å². The topological polar surface area (TPSA) is 55.8 Å². The monoisotopic (exact) mass is 320 g/mol. The van der Waals surface area contributed by atoms with Gasteiger partial charge in [0.15, 0.2) is 0 Å². The van der Waals surface area contributed by atoms with Crippen molar-refractivity contribution < 1.29 is 19.4 Å². The first kappa shape index (κ1) is 16.2. The third kappa shape index (κ3) is 3.92. The van der Waals surface area contributed by atoms with E-state index in [-0.39, 0.29) is 12.2 Å². The number of carbonyl (C=O) groups is 1. The normalized spacial score (nSPS) is 10.3. The molecule has 22 heavy (non-hydrogen) atoms. The molecule has 0 spiro atoms. The molecule has 0 fully saturated rings. The number of carboxylic acids is 1. The number of aromatic carboxylic acids is 1. The second-order valence-corrected chi connectivity index (χ2v) is 5.17. The highest BCUT2D eigenvalue weighted by Crippen LogP contribution is 2.25. The van der Waals surface area contributed by atoms with Crippen molar-refractivity contribution in [3.8, 4) is 11.5 Å². The van der Waals surface area contributed by atoms with E-state index in [0.717, 1.165) is 5.56 Å². The Hall–Kier alpha value is -2.20. The first-order valence-corrected chi connectivity index (χ1v) is 7.27. The quantitative estimate of drug-likeness (QED) is 0.861. The van der Waals surface area contributed by atoms with Gasteiger partial charge in [-0.1, -0.05) is 11.6 Å². The second kappa shape index (κ2) is 7.18. The average Bonchev–Trinajstić information content (AvgIpc) is 2.49. The van der Waals surface area contributed by atoms with E-state index in [1.807, 2.05) is 19.9 Å². The fourth-order valence-electron chi connectivity index (χ4n) is 1.99. The van der Waals surface area contributed by atoms with Gasteiger partial charge in [0.1, 0.15) is 18.1 Å². The smallest absolute Gasteiger partial charge is 0.335 e. The van der Waals surface area contributed by atoms with Crippen LogP contribution in [0, 0.1) is 6.92 Å². The molecule has 2 aromatic rings. The van der Waals surface area contributed by atoms with Crippen LogP contribution in [0.25, 0.3) is 0 Å². The molecular formula is C17H17ClO4. The van der Waals surface area contributed by atoms with Crippen LogP contribution in [0.2, 0.25) is 5.02 Å². The average molecular weight is 321 g/mol. The van der Waals surface area contributed by atoms with E-state index in [0.29, 0.717) is 28.7 Å². The Morgan fingerprint density at radius 1 is 1.18 bits per heavy atom. The number of benzene rings is 2. The number of halogens is 1. The Labute approximate surface area is 134 Å². The van der Waals surface area contributed by atoms with Crippen molar-refractivity contribution in [3.05, 3.63) is 58.1 Å². The van der Waals surface area contributed by atoms with Gasteiger partial charge in [-0.25, -0.2) is 4.79 Å². The number of ether oxygens (including phenoxy) is 2. The molecule has 0 saturated carbocycles. The SMILES string of the molecule is CCOc1ccc(C(=O)O)cc1COc1ccc(Cl)c(C)c1. The summed E-state index contributed by atoms with van der Waals surface area (Å²) in [5.74, 6) is 0.315. The van der Waals surface area contributed by atoms with Crippen LogP contribution in [-0.4, -0.2) is 17.7 Å². The molecule has 0 heterocycles. The van der Waals surface area contributed by atoms with Gasteiger partial charge >= 0.3 is 5.97 Å². The number of hydrogen-bond donors (Lipinski definition) is 1. The summed E-state index contributed by atoms with van der Waals surface area (Å²) in [7, 11) is 0. The summed E-state index contributed by atoms with van der Waals surface area (Å²) in [6.07, 6.45) is 0. The van der Waals surface area contributed by atoms with Crippen LogP contribution in [0.1, 0.15) is 28.4 Å². The van der Waals surface area contributed by atoms with Crippen molar-refractivity contribution in [3.63, 3.8) is 0 Å². The van der Waals surface area contributed by atoms with Crippen LogP contribution in [0.5, 0.6) is 11.5 Å². The highest BCUT2D eigenvalue weighted by Gasteiger charge is 2.10. The van der Waals surface area contributed by atoms with Gasteiger partial charge in [-0.2, -0.15) is 0 Å². The zero-order valence-corrected chi connectivity index (χ0v) is 13.2. The van der Waals surface area contributed by atoms with Crippen molar-refractivity contribution in [2.24, 2.45) is 0 Å². The lowest BCUT2D eigenvalue weighted by molar-refractivity contribution is 0.0696. The van der Waals surface area contributed by atoms with E-state index < -0.39 is 5.97 Å². The van der Waals surface area contributed by atoms with Gasteiger partial charge in [-0.05, 0) is 55.8 Å². The number of carboxylic acid groups (broad SMARTS) is 1. The van der Waals surface area contributed by atoms with Gasteiger partial charge in [-0.3, -0.25) is 0 Å². The van der Waals surface area contributed by atoms with E-state index in [1.165, 1.54) is 6.07 Å². The molecule has 5 heteroatoms. The lowest BCUT2D eigenvalue weighted by atomic mass is 10.1. The van der Waals surface area contributed by atoms with E-state index in [9.17, 15) is 4.79 Å². The third-order valence-corrected chi connectivity index (χ3v) is 3.56. The molecule has 0 saturated heterocycles. The molecule has 116 valence electrons. The third-order valence-electron chi connectivity index (χ3n) is 3.13. The molecule has 2 rings (SSSR count). The van der Waals surface area contributed by atoms with Crippen LogP contribution >= 0.6 is 11.6 Å². The number of rotatable bonds is 6. The Bertz CT molecular complexity index is 682. The fraction of sp³-hybridized carbons (Fsp3) is 0.235. The van der Waals surface area contributed by atoms with Crippen LogP contribution in [0.3, 0.4) is 0 Å². The first-order valence-electron chi connectivity index (χ1n) is 6.89. The molecule has 0 bridgehead atoms. The minimum absolute atomic E-state index is 0.203. The van der Waals surface area contributed by atoms with E-state index in [4.69, 9.17) is 26.2 Å². The largest absolute Gasteiger partial charge is 0.493 e. The summed E-state index contributed by atoms with van der Waals surface area (Å²) in [4.78, 5) is 11.1. The summed E-state index contributed by atoms with van der Waals surface area (Å²) in [6.45, 7) is 4.49. The maximum atomic E-state index is 11.1. The van der Waals surface area contributed by atoms with E-state index in [1.54, 1.807) is 24.3 Å². The maximum Gasteiger partial charge on any atom is 0.335 e. The van der Waals surface area contributed by atoms with Gasteiger partial charge in [0.25, 0.3) is 0 Å². The number of aryl methyl sites for hydroxylation is 1. The summed E-state index contributed by atoms with van der Waals surface area (Å²) < 4.78 is 11.2. The summed E-state index contributed by atoms with van der Waals surface area (Å²) in [5, 5.41) is 9.76. The fourth-order valence-corrected chi connectivity index (χ4v) is 2.11. The van der Waals surface area contributed by atoms with Crippen LogP contribution in [0.4, 0.5) is 0 Å². The van der Waals surface area contributed by atoms with Crippen molar-refractivity contribution >= 4 is 17.6 Å². The molecule has 1 N–H and O–H groups in total. The lowest BCUT2D eigenvalue weighted by Crippen LogP contribution is -2.04. The molecule has 0 aliphatic rings. The van der Waals surface area contributed by atoms with Crippen LogP contribution in [-0.2, 0) is 6.61 Å². The minimum Gasteiger partial charge on any atom is -0.493 e. The van der Waals surface area contributed by atoms with Gasteiger partial charge in [0.2, 0.25) is 0 Å². The zero-order chi connectivity index (χ0) is 16.1. The number of hydrogen-bond acceptors (Lipinski definition) is 3. The Morgan fingerprint density at radius 2 is 1.95 bits per heavy atom. The molecule has 0 amide bonds. The highest BCUT2D eigenvalue weighted by atomic mass is 35.5. The molecule has 0 radical (unpaired) electrons. The predicted molar refractivity (Wildman–Crippen MR) is 85.1 cm³/mol. The van der Waals surface area contributed by atoms with E-state index in [2.05, 4.69) is 0 Å². The Morgan fingerprint density at radius 3 is 2.59 bits per heavy atom. The maximum absolute atomic E-state index is 11.1. The lowest BCUT2D eigenvalue weighted by Gasteiger charge is -2.13. The standard InChI is InChI=1S/C17H17ClO4/c1-3-21-16-7-4-12(17(19)20)9-13(16)10-22-14-5-6-15(18)11(2)8-14/h4-9H,3,10H2,1-2H3,(H,19,20). The molecule has 2 aromatic carbocycles. The van der Waals surface area contributed by atoms with E-state index >= 15 is 0 Å². The molecule has 4 nitrogen and oxygen atoms in total. The molecule has 0 aliphatic carbocycles. The minimum atomic E-state index is -0.980. The summed E-state index contributed by atoms with van der Waals surface area (Å²) >= 11 is 5.98. The zero-order valence-electron chi connectivity index (χ0n) is 12.4. The van der Waals surface area contributed by atoms with Crippen LogP contribution < -0.4 is 9.47 Å². The van der Waals surface area contributed by atoms with Gasteiger partial charge in [-0.15, -0.1) is 0 Å². The summed E-state index contributed by atoms with van der Waals surface area (Å²) in [6, 6.07) is 10.1. The molecule has 0 unspecified atom stereocenters. The second-order valence-electron chi connectivity index (χ2n) is 4.76. The predicted octanol–water partition coefficient (Wildman–Crippen LogP) is 4.32. The highest BCUT2D eigenvalue weighted by molar-refractivity contribution is 6.31. The van der Waals surface area contributed by atoms with Gasteiger partial charge in [0, 0.05) is 10.6 Å². The Balaban J connectivity index is 2.20. The van der Waals surface area contributed by atoms with Crippen molar-refractivity contribution in [2.75, 3.05) is 6.61 Å². The van der Waals surface area contributed by atoms with Gasteiger partial charge in [0.05, 0.1) is 12.2 Å². The van der Waals surface area contributed by atoms with Gasteiger partial charge < -0.3 is 14.6 Å². The molecule has 0 aliphatic heterocycles. The van der Waals surface area contributed by atoms with Crippen molar-refractivity contribution in [1.82, 2.24) is 0 Å². The molecular weight excluding hydrogens is 304 g/mol.